The summed E-state index contributed by atoms with van der Waals surface area (Å²) in [5, 5.41) is 0. The number of aromatic amines is 1. The lowest BCUT2D eigenvalue weighted by Crippen LogP contribution is -2.07. The fourth-order valence-electron chi connectivity index (χ4n) is 2.65. The van der Waals surface area contributed by atoms with Crippen LogP contribution in [0, 0.1) is 10.7 Å². The SMILES string of the molecule is COc1cc2[nH]c(=S)n(C(C)C3CC3)c2cc1OC. The van der Waals surface area contributed by atoms with E-state index in [1.54, 1.807) is 14.2 Å². The highest BCUT2D eigenvalue weighted by Crippen LogP contribution is 2.42. The quantitative estimate of drug-likeness (QED) is 0.867. The summed E-state index contributed by atoms with van der Waals surface area (Å²) in [6.07, 6.45) is 2.59. The van der Waals surface area contributed by atoms with E-state index in [2.05, 4.69) is 16.5 Å². The fourth-order valence-corrected chi connectivity index (χ4v) is 3.02. The number of imidazole rings is 1. The van der Waals surface area contributed by atoms with Gasteiger partial charge in [-0.2, -0.15) is 0 Å². The van der Waals surface area contributed by atoms with Gasteiger partial charge in [-0.3, -0.25) is 0 Å². The van der Waals surface area contributed by atoms with E-state index in [4.69, 9.17) is 21.7 Å². The lowest BCUT2D eigenvalue weighted by atomic mass is 10.2. The van der Waals surface area contributed by atoms with E-state index < -0.39 is 0 Å². The molecule has 4 nitrogen and oxygen atoms in total. The van der Waals surface area contributed by atoms with Crippen LogP contribution in [0.15, 0.2) is 12.1 Å². The van der Waals surface area contributed by atoms with Crippen molar-refractivity contribution in [3.63, 3.8) is 0 Å². The molecule has 0 spiro atoms. The number of nitrogens with one attached hydrogen (secondary N) is 1. The fraction of sp³-hybridized carbons (Fsp3) is 0.500. The van der Waals surface area contributed by atoms with Gasteiger partial charge in [0.15, 0.2) is 16.3 Å². The molecule has 1 atom stereocenters. The third-order valence-corrected chi connectivity index (χ3v) is 4.23. The highest BCUT2D eigenvalue weighted by molar-refractivity contribution is 7.71. The predicted molar refractivity (Wildman–Crippen MR) is 77.7 cm³/mol. The first-order chi connectivity index (χ1) is 9.15. The number of H-pyrrole nitrogens is 1. The lowest BCUT2D eigenvalue weighted by Gasteiger charge is -2.14. The molecular weight excluding hydrogens is 260 g/mol. The zero-order valence-electron chi connectivity index (χ0n) is 11.4. The highest BCUT2D eigenvalue weighted by Gasteiger charge is 2.30. The average molecular weight is 278 g/mol. The monoisotopic (exact) mass is 278 g/mol. The van der Waals surface area contributed by atoms with Crippen LogP contribution in [-0.2, 0) is 0 Å². The molecule has 0 amide bonds. The Morgan fingerprint density at radius 3 is 2.47 bits per heavy atom. The lowest BCUT2D eigenvalue weighted by molar-refractivity contribution is 0.355. The van der Waals surface area contributed by atoms with Crippen LogP contribution in [-0.4, -0.2) is 23.8 Å². The van der Waals surface area contributed by atoms with Crippen LogP contribution in [0.1, 0.15) is 25.8 Å². The highest BCUT2D eigenvalue weighted by atomic mass is 32.1. The van der Waals surface area contributed by atoms with Crippen molar-refractivity contribution in [2.24, 2.45) is 5.92 Å². The molecule has 0 saturated heterocycles. The number of hydrogen-bond acceptors (Lipinski definition) is 3. The predicted octanol–water partition coefficient (Wildman–Crippen LogP) is 3.69. The minimum Gasteiger partial charge on any atom is -0.493 e. The number of hydrogen-bond donors (Lipinski definition) is 1. The van der Waals surface area contributed by atoms with Gasteiger partial charge in [-0.15, -0.1) is 0 Å². The van der Waals surface area contributed by atoms with Crippen LogP contribution in [0.4, 0.5) is 0 Å². The van der Waals surface area contributed by atoms with Gasteiger partial charge in [-0.25, -0.2) is 0 Å². The van der Waals surface area contributed by atoms with Crippen molar-refractivity contribution in [1.82, 2.24) is 9.55 Å². The molecule has 1 saturated carbocycles. The number of aromatic nitrogens is 2. The van der Waals surface area contributed by atoms with Gasteiger partial charge in [0.1, 0.15) is 0 Å². The molecule has 2 aromatic rings. The summed E-state index contributed by atoms with van der Waals surface area (Å²) in [6.45, 7) is 2.23. The van der Waals surface area contributed by atoms with Crippen molar-refractivity contribution in [1.29, 1.82) is 0 Å². The van der Waals surface area contributed by atoms with E-state index in [-0.39, 0.29) is 0 Å². The van der Waals surface area contributed by atoms with Gasteiger partial charge in [0.2, 0.25) is 0 Å². The Kier molecular flexibility index (Phi) is 3.01. The topological polar surface area (TPSA) is 39.2 Å². The summed E-state index contributed by atoms with van der Waals surface area (Å²) < 4.78 is 13.7. The zero-order valence-corrected chi connectivity index (χ0v) is 12.2. The van der Waals surface area contributed by atoms with Gasteiger partial charge in [-0.1, -0.05) is 0 Å². The second-order valence-corrected chi connectivity index (χ2v) is 5.49. The van der Waals surface area contributed by atoms with E-state index in [0.29, 0.717) is 6.04 Å². The Hall–Kier alpha value is -1.49. The first-order valence-corrected chi connectivity index (χ1v) is 6.92. The molecule has 1 fully saturated rings. The maximum absolute atomic E-state index is 5.46. The Bertz CT molecular complexity index is 670. The second kappa shape index (κ2) is 4.56. The summed E-state index contributed by atoms with van der Waals surface area (Å²) >= 11 is 5.46. The van der Waals surface area contributed by atoms with Crippen molar-refractivity contribution in [2.45, 2.75) is 25.8 Å². The van der Waals surface area contributed by atoms with E-state index >= 15 is 0 Å². The standard InChI is InChI=1S/C14H18N2O2S/c1-8(9-4-5-9)16-11-7-13(18-3)12(17-2)6-10(11)15-14(16)19/h6-9H,4-5H2,1-3H3,(H,15,19). The summed E-state index contributed by atoms with van der Waals surface area (Å²) in [4.78, 5) is 3.26. The van der Waals surface area contributed by atoms with Crippen LogP contribution in [0.3, 0.4) is 0 Å². The molecule has 1 aliphatic rings. The minimum absolute atomic E-state index is 0.430. The summed E-state index contributed by atoms with van der Waals surface area (Å²) in [6, 6.07) is 4.37. The van der Waals surface area contributed by atoms with E-state index in [9.17, 15) is 0 Å². The normalized spacial score (nSPS) is 16.6. The molecule has 0 bridgehead atoms. The van der Waals surface area contributed by atoms with Crippen molar-refractivity contribution >= 4 is 23.3 Å². The molecule has 0 aliphatic heterocycles. The number of fused-ring (bicyclic) bond motifs is 1. The molecule has 19 heavy (non-hydrogen) atoms. The van der Waals surface area contributed by atoms with Gasteiger partial charge >= 0.3 is 0 Å². The molecule has 1 heterocycles. The van der Waals surface area contributed by atoms with Gasteiger partial charge < -0.3 is 19.0 Å². The van der Waals surface area contributed by atoms with Crippen LogP contribution in [0.25, 0.3) is 11.0 Å². The third-order valence-electron chi connectivity index (χ3n) is 3.93. The molecule has 5 heteroatoms. The number of benzene rings is 1. The number of nitrogens with zero attached hydrogens (tertiary/aromatic N) is 1. The van der Waals surface area contributed by atoms with Gasteiger partial charge in [0, 0.05) is 18.2 Å². The minimum atomic E-state index is 0.430. The molecule has 1 aliphatic carbocycles. The Morgan fingerprint density at radius 2 is 1.89 bits per heavy atom. The summed E-state index contributed by atoms with van der Waals surface area (Å²) in [5.41, 5.74) is 2.08. The van der Waals surface area contributed by atoms with E-state index in [0.717, 1.165) is 33.2 Å². The molecule has 1 aromatic carbocycles. The van der Waals surface area contributed by atoms with E-state index in [1.165, 1.54) is 12.8 Å². The number of methoxy groups -OCH3 is 2. The molecule has 0 radical (unpaired) electrons. The summed E-state index contributed by atoms with van der Waals surface area (Å²) in [7, 11) is 3.29. The van der Waals surface area contributed by atoms with Gasteiger partial charge in [0.05, 0.1) is 25.3 Å². The van der Waals surface area contributed by atoms with Crippen LogP contribution < -0.4 is 9.47 Å². The van der Waals surface area contributed by atoms with Crippen LogP contribution >= 0.6 is 12.2 Å². The first-order valence-electron chi connectivity index (χ1n) is 6.52. The Labute approximate surface area is 117 Å². The second-order valence-electron chi connectivity index (χ2n) is 5.10. The third kappa shape index (κ3) is 2.02. The molecule has 102 valence electrons. The largest absolute Gasteiger partial charge is 0.493 e. The maximum atomic E-state index is 5.46. The maximum Gasteiger partial charge on any atom is 0.178 e. The molecule has 1 unspecified atom stereocenters. The van der Waals surface area contributed by atoms with Crippen molar-refractivity contribution in [3.8, 4) is 11.5 Å². The number of rotatable bonds is 4. The number of ether oxygens (including phenoxy) is 2. The average Bonchev–Trinajstić information content (AvgIpc) is 3.19. The Morgan fingerprint density at radius 1 is 1.26 bits per heavy atom. The van der Waals surface area contributed by atoms with Gasteiger partial charge in [0.25, 0.3) is 0 Å². The van der Waals surface area contributed by atoms with Gasteiger partial charge in [-0.05, 0) is 37.9 Å². The van der Waals surface area contributed by atoms with Crippen molar-refractivity contribution in [2.75, 3.05) is 14.2 Å². The van der Waals surface area contributed by atoms with Crippen LogP contribution in [0.2, 0.25) is 0 Å². The molecule has 1 N–H and O–H groups in total. The van der Waals surface area contributed by atoms with Crippen molar-refractivity contribution in [3.05, 3.63) is 16.9 Å². The molecular formula is C14H18N2O2S. The molecule has 3 rings (SSSR count). The van der Waals surface area contributed by atoms with Crippen LogP contribution in [0.5, 0.6) is 11.5 Å². The first kappa shape index (κ1) is 12.5. The smallest absolute Gasteiger partial charge is 0.178 e. The zero-order chi connectivity index (χ0) is 13.6. The molecule has 1 aromatic heterocycles. The van der Waals surface area contributed by atoms with Crippen molar-refractivity contribution < 1.29 is 9.47 Å². The summed E-state index contributed by atoms with van der Waals surface area (Å²) in [5.74, 6) is 2.21. The Balaban J connectivity index is 2.21. The van der Waals surface area contributed by atoms with E-state index in [1.807, 2.05) is 12.1 Å².